The zero-order chi connectivity index (χ0) is 34.4. The molecule has 0 bridgehead atoms. The number of carbonyl (C=O) groups is 3. The Morgan fingerprint density at radius 1 is 1.06 bits per heavy atom. The van der Waals surface area contributed by atoms with Crippen LogP contribution in [0.4, 0.5) is 18.9 Å². The van der Waals surface area contributed by atoms with Crippen molar-refractivity contribution in [2.45, 2.75) is 12.6 Å². The number of hydrogen-bond donors (Lipinski definition) is 2. The number of thiocarbonyl (C=S) groups is 1. The standard InChI is InChI=1S/C33H29ClF3N3O6S2/c34-26-7-4-23(33(35,36)37)19-25(26)21-3-8-27(46-16-13-39-11-14-45-15-12-39)22(17-21)18-28-30(42)40(32(47)48-28)10-9-29(41)38-24-5-1-20(2-6-24)31(43)44/h1-8,17-19H,9-16H2,(H,38,41)(H,43,44). The Balaban J connectivity index is 1.35. The number of carboxylic acids is 1. The lowest BCUT2D eigenvalue weighted by Crippen LogP contribution is -2.38. The fourth-order valence-corrected chi connectivity index (χ4v) is 6.49. The molecule has 2 aliphatic rings. The summed E-state index contributed by atoms with van der Waals surface area (Å²) in [6.45, 7) is 3.71. The molecule has 48 heavy (non-hydrogen) atoms. The Morgan fingerprint density at radius 3 is 2.48 bits per heavy atom. The number of rotatable bonds is 11. The van der Waals surface area contributed by atoms with Gasteiger partial charge < -0.3 is 19.9 Å². The SMILES string of the molecule is O=C(CCN1C(=O)C(=Cc2cc(-c3cc(C(F)(F)F)ccc3Cl)ccc2OCCN2CCOCC2)SC1=S)Nc1ccc(C(=O)O)cc1. The highest BCUT2D eigenvalue weighted by molar-refractivity contribution is 8.26. The van der Waals surface area contributed by atoms with Gasteiger partial charge in [-0.2, -0.15) is 13.2 Å². The lowest BCUT2D eigenvalue weighted by molar-refractivity contribution is -0.137. The highest BCUT2D eigenvalue weighted by atomic mass is 35.5. The van der Waals surface area contributed by atoms with Crippen molar-refractivity contribution < 1.29 is 42.1 Å². The average Bonchev–Trinajstić information content (AvgIpc) is 3.32. The molecular weight excluding hydrogens is 691 g/mol. The number of anilines is 1. The number of aromatic carboxylic acids is 1. The summed E-state index contributed by atoms with van der Waals surface area (Å²) in [4.78, 5) is 40.8. The number of nitrogens with one attached hydrogen (secondary N) is 1. The topological polar surface area (TPSA) is 108 Å². The van der Waals surface area contributed by atoms with Crippen LogP contribution >= 0.6 is 35.6 Å². The predicted octanol–water partition coefficient (Wildman–Crippen LogP) is 6.67. The van der Waals surface area contributed by atoms with Crippen molar-refractivity contribution in [1.29, 1.82) is 0 Å². The van der Waals surface area contributed by atoms with Gasteiger partial charge in [-0.3, -0.25) is 19.4 Å². The third-order valence-electron chi connectivity index (χ3n) is 7.52. The van der Waals surface area contributed by atoms with E-state index >= 15 is 0 Å². The van der Waals surface area contributed by atoms with Crippen LogP contribution in [0, 0.1) is 0 Å². The molecule has 3 aromatic rings. The normalized spacial score (nSPS) is 16.4. The van der Waals surface area contributed by atoms with Crippen LogP contribution in [0.2, 0.25) is 5.02 Å². The van der Waals surface area contributed by atoms with Gasteiger partial charge in [0.2, 0.25) is 5.91 Å². The van der Waals surface area contributed by atoms with E-state index in [4.69, 9.17) is 38.4 Å². The molecule has 9 nitrogen and oxygen atoms in total. The minimum Gasteiger partial charge on any atom is -0.492 e. The number of halogens is 4. The maximum Gasteiger partial charge on any atom is 0.416 e. The number of ether oxygens (including phenoxy) is 2. The molecule has 0 spiro atoms. The lowest BCUT2D eigenvalue weighted by Gasteiger charge is -2.26. The summed E-state index contributed by atoms with van der Waals surface area (Å²) in [6.07, 6.45) is -3.08. The second kappa shape index (κ2) is 15.5. The first-order valence-electron chi connectivity index (χ1n) is 14.7. The first-order chi connectivity index (χ1) is 22.9. The van der Waals surface area contributed by atoms with E-state index in [-0.39, 0.29) is 38.3 Å². The zero-order valence-electron chi connectivity index (χ0n) is 25.2. The van der Waals surface area contributed by atoms with Crippen LogP contribution in [0.25, 0.3) is 17.2 Å². The van der Waals surface area contributed by atoms with E-state index in [0.29, 0.717) is 48.9 Å². The minimum absolute atomic E-state index is 0.0101. The number of amides is 2. The smallest absolute Gasteiger partial charge is 0.416 e. The van der Waals surface area contributed by atoms with Crippen LogP contribution < -0.4 is 10.1 Å². The molecule has 0 unspecified atom stereocenters. The number of carbonyl (C=O) groups excluding carboxylic acids is 2. The first-order valence-corrected chi connectivity index (χ1v) is 16.3. The molecule has 0 radical (unpaired) electrons. The highest BCUT2D eigenvalue weighted by Gasteiger charge is 2.33. The van der Waals surface area contributed by atoms with Gasteiger partial charge in [-0.1, -0.05) is 41.6 Å². The minimum atomic E-state index is -4.57. The largest absolute Gasteiger partial charge is 0.492 e. The summed E-state index contributed by atoms with van der Waals surface area (Å²) >= 11 is 12.8. The molecule has 252 valence electrons. The van der Waals surface area contributed by atoms with Crippen molar-refractivity contribution in [1.82, 2.24) is 9.80 Å². The van der Waals surface area contributed by atoms with Crippen LogP contribution in [0.3, 0.4) is 0 Å². The summed E-state index contributed by atoms with van der Waals surface area (Å²) in [6, 6.07) is 13.6. The van der Waals surface area contributed by atoms with E-state index in [0.717, 1.165) is 37.0 Å². The van der Waals surface area contributed by atoms with E-state index in [9.17, 15) is 27.6 Å². The molecule has 0 aliphatic carbocycles. The van der Waals surface area contributed by atoms with Crippen molar-refractivity contribution >= 4 is 69.4 Å². The highest BCUT2D eigenvalue weighted by Crippen LogP contribution is 2.39. The van der Waals surface area contributed by atoms with Crippen molar-refractivity contribution in [3.8, 4) is 16.9 Å². The van der Waals surface area contributed by atoms with E-state index in [1.807, 2.05) is 0 Å². The fourth-order valence-electron chi connectivity index (χ4n) is 4.96. The molecular formula is C33H29ClF3N3O6S2. The summed E-state index contributed by atoms with van der Waals surface area (Å²) in [5, 5.41) is 11.8. The summed E-state index contributed by atoms with van der Waals surface area (Å²) < 4.78 is 52.3. The van der Waals surface area contributed by atoms with Crippen LogP contribution in [0.15, 0.2) is 65.6 Å². The molecule has 5 rings (SSSR count). The van der Waals surface area contributed by atoms with E-state index in [1.165, 1.54) is 35.2 Å². The molecule has 0 atom stereocenters. The molecule has 2 aliphatic heterocycles. The number of nitrogens with zero attached hydrogens (tertiary/aromatic N) is 2. The molecule has 2 N–H and O–H groups in total. The number of carboxylic acid groups (broad SMARTS) is 1. The Labute approximate surface area is 288 Å². The zero-order valence-corrected chi connectivity index (χ0v) is 27.6. The Bertz CT molecular complexity index is 1750. The average molecular weight is 720 g/mol. The molecule has 3 aromatic carbocycles. The van der Waals surface area contributed by atoms with Gasteiger partial charge in [0.15, 0.2) is 0 Å². The van der Waals surface area contributed by atoms with Gasteiger partial charge >= 0.3 is 12.1 Å². The van der Waals surface area contributed by atoms with Crippen LogP contribution in [0.1, 0.15) is 27.9 Å². The Kier molecular flexibility index (Phi) is 11.4. The van der Waals surface area contributed by atoms with Gasteiger partial charge in [-0.05, 0) is 66.2 Å². The third-order valence-corrected chi connectivity index (χ3v) is 9.23. The van der Waals surface area contributed by atoms with Crippen LogP contribution in [0.5, 0.6) is 5.75 Å². The molecule has 2 saturated heterocycles. The van der Waals surface area contributed by atoms with E-state index in [1.54, 1.807) is 24.3 Å². The number of thioether (sulfide) groups is 1. The maximum absolute atomic E-state index is 13.5. The number of benzene rings is 3. The first kappa shape index (κ1) is 35.4. The second-order valence-corrected chi connectivity index (χ2v) is 12.8. The van der Waals surface area contributed by atoms with Crippen molar-refractivity contribution in [2.24, 2.45) is 0 Å². The van der Waals surface area contributed by atoms with Crippen molar-refractivity contribution in [3.05, 3.63) is 87.3 Å². The lowest BCUT2D eigenvalue weighted by atomic mass is 9.99. The Morgan fingerprint density at radius 2 is 1.79 bits per heavy atom. The summed E-state index contributed by atoms with van der Waals surface area (Å²) in [7, 11) is 0. The number of alkyl halides is 3. The third kappa shape index (κ3) is 8.94. The number of morpholine rings is 1. The van der Waals surface area contributed by atoms with Gasteiger partial charge in [-0.15, -0.1) is 0 Å². The van der Waals surface area contributed by atoms with Crippen molar-refractivity contribution in [2.75, 3.05) is 51.3 Å². The molecule has 2 heterocycles. The van der Waals surface area contributed by atoms with Gasteiger partial charge in [0.05, 0.1) is 29.2 Å². The predicted molar refractivity (Wildman–Crippen MR) is 181 cm³/mol. The summed E-state index contributed by atoms with van der Waals surface area (Å²) in [5.41, 5.74) is 0.615. The summed E-state index contributed by atoms with van der Waals surface area (Å²) in [5.74, 6) is -1.52. The Hall–Kier alpha value is -3.95. The van der Waals surface area contributed by atoms with Gasteiger partial charge in [0.25, 0.3) is 5.91 Å². The second-order valence-electron chi connectivity index (χ2n) is 10.8. The monoisotopic (exact) mass is 719 g/mol. The van der Waals surface area contributed by atoms with Gasteiger partial charge in [0, 0.05) is 54.4 Å². The molecule has 2 fully saturated rings. The van der Waals surface area contributed by atoms with E-state index in [2.05, 4.69) is 10.2 Å². The molecule has 2 amide bonds. The van der Waals surface area contributed by atoms with Gasteiger partial charge in [-0.25, -0.2) is 4.79 Å². The fraction of sp³-hybridized carbons (Fsp3) is 0.273. The van der Waals surface area contributed by atoms with Crippen LogP contribution in [-0.2, 0) is 20.5 Å². The maximum atomic E-state index is 13.5. The number of hydrogen-bond acceptors (Lipinski definition) is 8. The molecule has 15 heteroatoms. The van der Waals surface area contributed by atoms with Crippen LogP contribution in [-0.4, -0.2) is 83.0 Å². The van der Waals surface area contributed by atoms with Gasteiger partial charge in [0.1, 0.15) is 16.7 Å². The quantitative estimate of drug-likeness (QED) is 0.166. The van der Waals surface area contributed by atoms with Crippen molar-refractivity contribution in [3.63, 3.8) is 0 Å². The molecule has 0 aromatic heterocycles. The van der Waals surface area contributed by atoms with E-state index < -0.39 is 29.5 Å². The molecule has 0 saturated carbocycles.